The van der Waals surface area contributed by atoms with E-state index in [-0.39, 0.29) is 0 Å². The van der Waals surface area contributed by atoms with E-state index in [2.05, 4.69) is 41.4 Å². The first-order valence-electron chi connectivity index (χ1n) is 7.58. The predicted molar refractivity (Wildman–Crippen MR) is 82.2 cm³/mol. The van der Waals surface area contributed by atoms with Crippen molar-refractivity contribution in [1.29, 1.82) is 0 Å². The second-order valence-electron chi connectivity index (χ2n) is 5.71. The molecule has 2 N–H and O–H groups in total. The zero-order valence-corrected chi connectivity index (χ0v) is 12.8. The zero-order valence-electron chi connectivity index (χ0n) is 12.8. The molecule has 20 heavy (non-hydrogen) atoms. The molecule has 0 spiro atoms. The molecule has 5 nitrogen and oxygen atoms in total. The molecule has 5 heteroatoms. The van der Waals surface area contributed by atoms with Gasteiger partial charge < -0.3 is 15.4 Å². The van der Waals surface area contributed by atoms with E-state index in [0.29, 0.717) is 5.41 Å². The molecule has 1 aliphatic heterocycles. The summed E-state index contributed by atoms with van der Waals surface area (Å²) in [5, 5.41) is 6.83. The molecule has 1 aliphatic rings. The van der Waals surface area contributed by atoms with Gasteiger partial charge in [-0.3, -0.25) is 0 Å². The van der Waals surface area contributed by atoms with Crippen LogP contribution in [0.2, 0.25) is 0 Å². The van der Waals surface area contributed by atoms with Crippen molar-refractivity contribution in [3.05, 3.63) is 11.9 Å². The van der Waals surface area contributed by atoms with Crippen molar-refractivity contribution in [2.75, 3.05) is 36.9 Å². The first-order valence-corrected chi connectivity index (χ1v) is 7.58. The number of hydrogen-bond donors (Lipinski definition) is 2. The number of ether oxygens (including phenoxy) is 1. The second-order valence-corrected chi connectivity index (χ2v) is 5.71. The number of anilines is 2. The fourth-order valence-corrected chi connectivity index (χ4v) is 2.56. The molecule has 0 radical (unpaired) electrons. The Kier molecular flexibility index (Phi) is 5.17. The van der Waals surface area contributed by atoms with Crippen LogP contribution in [0.4, 0.5) is 11.6 Å². The maximum absolute atomic E-state index is 5.45. The number of nitrogens with one attached hydrogen (secondary N) is 2. The summed E-state index contributed by atoms with van der Waals surface area (Å²) in [7, 11) is 0. The van der Waals surface area contributed by atoms with Crippen LogP contribution in [-0.4, -0.2) is 36.3 Å². The van der Waals surface area contributed by atoms with E-state index in [1.54, 1.807) is 6.33 Å². The summed E-state index contributed by atoms with van der Waals surface area (Å²) in [6.07, 6.45) is 4.76. The minimum absolute atomic E-state index is 0.298. The van der Waals surface area contributed by atoms with Crippen LogP contribution in [0.25, 0.3) is 0 Å². The monoisotopic (exact) mass is 278 g/mol. The van der Waals surface area contributed by atoms with Crippen molar-refractivity contribution in [1.82, 2.24) is 9.97 Å². The van der Waals surface area contributed by atoms with Gasteiger partial charge in [0, 0.05) is 31.9 Å². The Hall–Kier alpha value is -1.36. The lowest BCUT2D eigenvalue weighted by molar-refractivity contribution is 0.0299. The SMILES string of the molecule is CCNc1ncnc(NCC2(C)CCOCC2)c1CC. The first-order chi connectivity index (χ1) is 9.68. The summed E-state index contributed by atoms with van der Waals surface area (Å²) in [6, 6.07) is 0. The molecule has 112 valence electrons. The Morgan fingerprint density at radius 3 is 2.40 bits per heavy atom. The molecule has 0 amide bonds. The second kappa shape index (κ2) is 6.88. The van der Waals surface area contributed by atoms with Crippen molar-refractivity contribution < 1.29 is 4.74 Å². The minimum atomic E-state index is 0.298. The summed E-state index contributed by atoms with van der Waals surface area (Å²) in [5.41, 5.74) is 1.47. The van der Waals surface area contributed by atoms with Crippen LogP contribution in [0.1, 0.15) is 39.2 Å². The number of aromatic nitrogens is 2. The molecule has 1 fully saturated rings. The Labute approximate surface area is 121 Å². The van der Waals surface area contributed by atoms with Gasteiger partial charge in [-0.1, -0.05) is 13.8 Å². The van der Waals surface area contributed by atoms with E-state index >= 15 is 0 Å². The van der Waals surface area contributed by atoms with E-state index in [1.807, 2.05) is 0 Å². The average molecular weight is 278 g/mol. The first kappa shape index (κ1) is 15.0. The van der Waals surface area contributed by atoms with E-state index in [9.17, 15) is 0 Å². The summed E-state index contributed by atoms with van der Waals surface area (Å²) >= 11 is 0. The largest absolute Gasteiger partial charge is 0.381 e. The third kappa shape index (κ3) is 3.60. The summed E-state index contributed by atoms with van der Waals surface area (Å²) < 4.78 is 5.45. The van der Waals surface area contributed by atoms with Crippen LogP contribution in [0.15, 0.2) is 6.33 Å². The quantitative estimate of drug-likeness (QED) is 0.838. The Morgan fingerprint density at radius 1 is 1.15 bits per heavy atom. The normalized spacial score (nSPS) is 17.8. The van der Waals surface area contributed by atoms with Crippen molar-refractivity contribution in [2.45, 2.75) is 40.0 Å². The summed E-state index contributed by atoms with van der Waals surface area (Å²) in [4.78, 5) is 8.74. The molecule has 0 atom stereocenters. The molecule has 0 bridgehead atoms. The zero-order chi connectivity index (χ0) is 14.4. The van der Waals surface area contributed by atoms with Gasteiger partial charge in [-0.15, -0.1) is 0 Å². The molecule has 1 aromatic heterocycles. The van der Waals surface area contributed by atoms with Crippen molar-refractivity contribution in [3.8, 4) is 0 Å². The standard InChI is InChI=1S/C15H26N4O/c1-4-12-13(16-5-2)18-11-19-14(12)17-10-15(3)6-8-20-9-7-15/h11H,4-10H2,1-3H3,(H2,16,17,18,19). The molecule has 1 aromatic rings. The van der Waals surface area contributed by atoms with Crippen LogP contribution in [0.3, 0.4) is 0 Å². The number of rotatable bonds is 6. The molecule has 0 unspecified atom stereocenters. The van der Waals surface area contributed by atoms with Crippen molar-refractivity contribution >= 4 is 11.6 Å². The molecule has 2 rings (SSSR count). The van der Waals surface area contributed by atoms with Crippen molar-refractivity contribution in [2.24, 2.45) is 5.41 Å². The van der Waals surface area contributed by atoms with Gasteiger partial charge in [-0.2, -0.15) is 0 Å². The Balaban J connectivity index is 2.06. The van der Waals surface area contributed by atoms with E-state index in [1.165, 1.54) is 5.56 Å². The molecule has 0 saturated carbocycles. The third-order valence-corrected chi connectivity index (χ3v) is 4.03. The topological polar surface area (TPSA) is 59.1 Å². The Bertz CT molecular complexity index is 430. The van der Waals surface area contributed by atoms with E-state index in [4.69, 9.17) is 4.74 Å². The third-order valence-electron chi connectivity index (χ3n) is 4.03. The highest BCUT2D eigenvalue weighted by atomic mass is 16.5. The fourth-order valence-electron chi connectivity index (χ4n) is 2.56. The van der Waals surface area contributed by atoms with Crippen LogP contribution in [0, 0.1) is 5.41 Å². The van der Waals surface area contributed by atoms with Gasteiger partial charge in [0.15, 0.2) is 0 Å². The average Bonchev–Trinajstić information content (AvgIpc) is 2.46. The minimum Gasteiger partial charge on any atom is -0.381 e. The maximum atomic E-state index is 5.45. The highest BCUT2D eigenvalue weighted by molar-refractivity contribution is 5.57. The molecule has 0 aromatic carbocycles. The molecular weight excluding hydrogens is 252 g/mol. The molecule has 1 saturated heterocycles. The van der Waals surface area contributed by atoms with Crippen LogP contribution in [0.5, 0.6) is 0 Å². The lowest BCUT2D eigenvalue weighted by Gasteiger charge is -2.34. The van der Waals surface area contributed by atoms with Crippen LogP contribution >= 0.6 is 0 Å². The molecular formula is C15H26N4O. The van der Waals surface area contributed by atoms with Gasteiger partial charge in [-0.05, 0) is 31.6 Å². The van der Waals surface area contributed by atoms with Gasteiger partial charge in [0.25, 0.3) is 0 Å². The Morgan fingerprint density at radius 2 is 1.80 bits per heavy atom. The highest BCUT2D eigenvalue weighted by Crippen LogP contribution is 2.30. The summed E-state index contributed by atoms with van der Waals surface area (Å²) in [5.74, 6) is 1.91. The lowest BCUT2D eigenvalue weighted by atomic mass is 9.82. The molecule has 0 aliphatic carbocycles. The van der Waals surface area contributed by atoms with Crippen molar-refractivity contribution in [3.63, 3.8) is 0 Å². The van der Waals surface area contributed by atoms with Gasteiger partial charge in [-0.25, -0.2) is 9.97 Å². The van der Waals surface area contributed by atoms with Crippen LogP contribution < -0.4 is 10.6 Å². The number of hydrogen-bond acceptors (Lipinski definition) is 5. The fraction of sp³-hybridized carbons (Fsp3) is 0.733. The lowest BCUT2D eigenvalue weighted by Crippen LogP contribution is -2.33. The van der Waals surface area contributed by atoms with E-state index < -0.39 is 0 Å². The maximum Gasteiger partial charge on any atom is 0.134 e. The highest BCUT2D eigenvalue weighted by Gasteiger charge is 2.27. The van der Waals surface area contributed by atoms with Gasteiger partial charge in [0.2, 0.25) is 0 Å². The number of nitrogens with zero attached hydrogens (tertiary/aromatic N) is 2. The predicted octanol–water partition coefficient (Wildman–Crippen LogP) is 2.70. The van der Waals surface area contributed by atoms with E-state index in [0.717, 1.165) is 57.2 Å². The van der Waals surface area contributed by atoms with Crippen LogP contribution in [-0.2, 0) is 11.2 Å². The van der Waals surface area contributed by atoms with Gasteiger partial charge >= 0.3 is 0 Å². The smallest absolute Gasteiger partial charge is 0.134 e. The van der Waals surface area contributed by atoms with Gasteiger partial charge in [0.1, 0.15) is 18.0 Å². The molecule has 2 heterocycles. The summed E-state index contributed by atoms with van der Waals surface area (Å²) in [6.45, 7) is 10.1. The van der Waals surface area contributed by atoms with Gasteiger partial charge in [0.05, 0.1) is 0 Å².